The van der Waals surface area contributed by atoms with Crippen molar-refractivity contribution in [1.29, 1.82) is 0 Å². The lowest BCUT2D eigenvalue weighted by atomic mass is 10.1. The van der Waals surface area contributed by atoms with Crippen LogP contribution < -0.4 is 16.0 Å². The Balaban J connectivity index is 1.44. The van der Waals surface area contributed by atoms with Crippen LogP contribution in [0.4, 0.5) is 22.0 Å². The van der Waals surface area contributed by atoms with Gasteiger partial charge in [0.05, 0.1) is 23.7 Å². The molecule has 2 aromatic heterocycles. The molecule has 2 heterocycles. The van der Waals surface area contributed by atoms with Crippen molar-refractivity contribution in [2.24, 2.45) is 0 Å². The number of ether oxygens (including phenoxy) is 1. The zero-order valence-electron chi connectivity index (χ0n) is 26.9. The van der Waals surface area contributed by atoms with Gasteiger partial charge >= 0.3 is 6.09 Å². The van der Waals surface area contributed by atoms with Gasteiger partial charge in [-0.25, -0.2) is 19.7 Å². The summed E-state index contributed by atoms with van der Waals surface area (Å²) in [5.74, 6) is 0.459. The maximum atomic E-state index is 13.5. The molecule has 0 unspecified atom stereocenters. The molecule has 0 spiro atoms. The predicted molar refractivity (Wildman–Crippen MR) is 185 cm³/mol. The number of rotatable bonds is 10. The van der Waals surface area contributed by atoms with E-state index >= 15 is 0 Å². The zero-order chi connectivity index (χ0) is 33.6. The average Bonchev–Trinajstić information content (AvgIpc) is 3.04. The number of pyridine rings is 1. The van der Waals surface area contributed by atoms with E-state index in [1.165, 1.54) is 18.1 Å². The van der Waals surface area contributed by atoms with Crippen LogP contribution in [0.25, 0.3) is 11.0 Å². The number of nitrogens with one attached hydrogen (secondary N) is 3. The molecule has 5 aromatic rings. The summed E-state index contributed by atoms with van der Waals surface area (Å²) < 4.78 is 5.35. The maximum absolute atomic E-state index is 13.5. The first-order valence-electron chi connectivity index (χ1n) is 15.3. The number of anilines is 3. The lowest BCUT2D eigenvalue weighted by Gasteiger charge is -2.19. The number of nitrogens with zero attached hydrogens (tertiary/aromatic N) is 3. The first-order valence-corrected chi connectivity index (χ1v) is 16.1. The smallest absolute Gasteiger partial charge is 0.412 e. The van der Waals surface area contributed by atoms with E-state index in [0.29, 0.717) is 28.4 Å². The molecule has 0 saturated carbocycles. The van der Waals surface area contributed by atoms with Gasteiger partial charge < -0.3 is 20.5 Å². The molecular weight excluding hydrogens is 613 g/mol. The molecule has 5 rings (SSSR count). The SMILES string of the molecule is CC(C)c1ccc2c(Nc3cc(C(=O)N[C@H](CO)c4ccccc4)ccc3Sc3ccc(NC(=O)OC(C)(C)C)cc3)ncnc2n1. The molecular formula is C36H38N6O4S. The Morgan fingerprint density at radius 2 is 1.68 bits per heavy atom. The molecule has 2 amide bonds. The second kappa shape index (κ2) is 14.6. The molecule has 11 heteroatoms. The topological polar surface area (TPSA) is 138 Å². The third kappa shape index (κ3) is 8.84. The van der Waals surface area contributed by atoms with Crippen LogP contribution in [0.1, 0.15) is 68.2 Å². The van der Waals surface area contributed by atoms with Gasteiger partial charge in [0.15, 0.2) is 5.65 Å². The van der Waals surface area contributed by atoms with Crippen LogP contribution in [0.3, 0.4) is 0 Å². The van der Waals surface area contributed by atoms with E-state index < -0.39 is 17.7 Å². The lowest BCUT2D eigenvalue weighted by molar-refractivity contribution is 0.0635. The summed E-state index contributed by atoms with van der Waals surface area (Å²) in [7, 11) is 0. The summed E-state index contributed by atoms with van der Waals surface area (Å²) >= 11 is 1.48. The fourth-order valence-corrected chi connectivity index (χ4v) is 5.56. The number of aromatic nitrogens is 3. The number of carbonyl (C=O) groups excluding carboxylic acids is 2. The van der Waals surface area contributed by atoms with Gasteiger partial charge in [0.25, 0.3) is 5.91 Å². The van der Waals surface area contributed by atoms with Gasteiger partial charge in [0.1, 0.15) is 17.7 Å². The molecule has 0 bridgehead atoms. The molecule has 0 aliphatic heterocycles. The second-order valence-corrected chi connectivity index (χ2v) is 13.3. The van der Waals surface area contributed by atoms with Gasteiger partial charge in [-0.05, 0) is 86.8 Å². The molecule has 0 aliphatic carbocycles. The van der Waals surface area contributed by atoms with Gasteiger partial charge in [0.2, 0.25) is 0 Å². The molecule has 242 valence electrons. The quantitative estimate of drug-likeness (QED) is 0.119. The fourth-order valence-electron chi connectivity index (χ4n) is 4.68. The molecule has 1 atom stereocenters. The van der Waals surface area contributed by atoms with Crippen molar-refractivity contribution in [1.82, 2.24) is 20.3 Å². The molecule has 0 radical (unpaired) electrons. The van der Waals surface area contributed by atoms with Gasteiger partial charge in [-0.3, -0.25) is 10.1 Å². The van der Waals surface area contributed by atoms with Crippen LogP contribution in [0.5, 0.6) is 0 Å². The van der Waals surface area contributed by atoms with E-state index in [2.05, 4.69) is 39.8 Å². The second-order valence-electron chi connectivity index (χ2n) is 12.2. The highest BCUT2D eigenvalue weighted by Crippen LogP contribution is 2.37. The standard InChI is InChI=1S/C36H38N6O4S/c1-22(2)28-17-16-27-32(40-28)37-21-38-33(27)41-29-19-24(34(44)42-30(20-43)23-9-7-6-8-10-23)11-18-31(29)47-26-14-12-25(13-15-26)39-35(45)46-36(3,4)5/h6-19,21-22,30,43H,20H2,1-5H3,(H,39,45)(H,42,44)(H,37,38,40,41)/t30-/m1/s1. The number of aliphatic hydroxyl groups is 1. The third-order valence-corrected chi connectivity index (χ3v) is 8.11. The van der Waals surface area contributed by atoms with Crippen molar-refractivity contribution in [3.05, 3.63) is 108 Å². The summed E-state index contributed by atoms with van der Waals surface area (Å²) in [6, 6.07) is 25.5. The van der Waals surface area contributed by atoms with E-state index in [4.69, 9.17) is 9.72 Å². The van der Waals surface area contributed by atoms with Crippen LogP contribution >= 0.6 is 11.8 Å². The molecule has 47 heavy (non-hydrogen) atoms. The van der Waals surface area contributed by atoms with Crippen LogP contribution in [-0.4, -0.2) is 44.3 Å². The molecule has 10 nitrogen and oxygen atoms in total. The highest BCUT2D eigenvalue weighted by molar-refractivity contribution is 7.99. The number of hydrogen-bond donors (Lipinski definition) is 4. The van der Waals surface area contributed by atoms with Crippen molar-refractivity contribution in [2.45, 2.75) is 62.0 Å². The van der Waals surface area contributed by atoms with Crippen LogP contribution in [0.2, 0.25) is 0 Å². The fraction of sp³-hybridized carbons (Fsp3) is 0.250. The molecule has 0 saturated heterocycles. The number of hydrogen-bond acceptors (Lipinski definition) is 9. The highest BCUT2D eigenvalue weighted by Gasteiger charge is 2.19. The molecule has 0 aliphatic rings. The van der Waals surface area contributed by atoms with Crippen molar-refractivity contribution < 1.29 is 19.4 Å². The van der Waals surface area contributed by atoms with Crippen LogP contribution in [-0.2, 0) is 4.74 Å². The number of carbonyl (C=O) groups is 2. The van der Waals surface area contributed by atoms with Crippen LogP contribution in [0, 0.1) is 0 Å². The minimum Gasteiger partial charge on any atom is -0.444 e. The predicted octanol–water partition coefficient (Wildman–Crippen LogP) is 7.85. The molecule has 3 aromatic carbocycles. The molecule has 4 N–H and O–H groups in total. The van der Waals surface area contributed by atoms with E-state index in [-0.39, 0.29) is 18.4 Å². The van der Waals surface area contributed by atoms with Crippen LogP contribution in [0.15, 0.2) is 101 Å². The van der Waals surface area contributed by atoms with E-state index in [1.54, 1.807) is 24.3 Å². The third-order valence-electron chi connectivity index (χ3n) is 7.02. The van der Waals surface area contributed by atoms with Crippen molar-refractivity contribution in [2.75, 3.05) is 17.2 Å². The first kappa shape index (κ1) is 33.4. The Morgan fingerprint density at radius 3 is 2.36 bits per heavy atom. The first-order chi connectivity index (χ1) is 22.5. The Morgan fingerprint density at radius 1 is 0.936 bits per heavy atom. The monoisotopic (exact) mass is 650 g/mol. The molecule has 0 fully saturated rings. The Hall–Kier alpha value is -5.00. The van der Waals surface area contributed by atoms with Crippen molar-refractivity contribution in [3.63, 3.8) is 0 Å². The van der Waals surface area contributed by atoms with E-state index in [1.807, 2.05) is 81.4 Å². The van der Waals surface area contributed by atoms with E-state index in [0.717, 1.165) is 26.4 Å². The van der Waals surface area contributed by atoms with Crippen molar-refractivity contribution >= 4 is 52.0 Å². The van der Waals surface area contributed by atoms with Gasteiger partial charge in [-0.15, -0.1) is 0 Å². The highest BCUT2D eigenvalue weighted by atomic mass is 32.2. The lowest BCUT2D eigenvalue weighted by Crippen LogP contribution is -2.30. The summed E-state index contributed by atoms with van der Waals surface area (Å²) in [6.45, 7) is 9.34. The Kier molecular flexibility index (Phi) is 10.4. The zero-order valence-corrected chi connectivity index (χ0v) is 27.8. The Bertz CT molecular complexity index is 1860. The normalized spacial score (nSPS) is 12.1. The number of fused-ring (bicyclic) bond motifs is 1. The average molecular weight is 651 g/mol. The summed E-state index contributed by atoms with van der Waals surface area (Å²) in [6.07, 6.45) is 0.939. The summed E-state index contributed by atoms with van der Waals surface area (Å²) in [5, 5.41) is 19.9. The number of amides is 2. The minimum absolute atomic E-state index is 0.244. The van der Waals surface area contributed by atoms with Gasteiger partial charge in [-0.1, -0.05) is 55.9 Å². The Labute approximate surface area is 278 Å². The maximum Gasteiger partial charge on any atom is 0.412 e. The summed E-state index contributed by atoms with van der Waals surface area (Å²) in [4.78, 5) is 41.0. The van der Waals surface area contributed by atoms with Crippen molar-refractivity contribution in [3.8, 4) is 0 Å². The van der Waals surface area contributed by atoms with Gasteiger partial charge in [0, 0.05) is 26.7 Å². The summed E-state index contributed by atoms with van der Waals surface area (Å²) in [5.41, 5.74) is 3.35. The number of benzene rings is 3. The largest absolute Gasteiger partial charge is 0.444 e. The van der Waals surface area contributed by atoms with E-state index in [9.17, 15) is 14.7 Å². The van der Waals surface area contributed by atoms with Gasteiger partial charge in [-0.2, -0.15) is 0 Å². The minimum atomic E-state index is -0.603. The number of aliphatic hydroxyl groups excluding tert-OH is 1.